The van der Waals surface area contributed by atoms with E-state index >= 15 is 0 Å². The number of carbonyl (C=O) groups is 3. The van der Waals surface area contributed by atoms with Crippen molar-refractivity contribution < 1.29 is 57.4 Å². The summed E-state index contributed by atoms with van der Waals surface area (Å²) in [7, 11) is 0. The van der Waals surface area contributed by atoms with Gasteiger partial charge in [-0.1, -0.05) is 0 Å². The molecule has 166 valence electrons. The summed E-state index contributed by atoms with van der Waals surface area (Å²) in [5.74, 6) is -0.962. The predicted octanol–water partition coefficient (Wildman–Crippen LogP) is -1.12. The van der Waals surface area contributed by atoms with E-state index in [-0.39, 0.29) is 13.2 Å². The van der Waals surface area contributed by atoms with Crippen molar-refractivity contribution >= 4 is 17.9 Å². The molecule has 4 rings (SSSR count). The highest BCUT2D eigenvalue weighted by molar-refractivity contribution is 5.67. The quantitative estimate of drug-likeness (QED) is 0.402. The molecule has 0 spiro atoms. The molecule has 0 radical (unpaired) electrons. The SMILES string of the molecule is CC(=O)OCC1O[C@@H](O[C@H]2C3=C(O3)[C@@H]3OCC2O3)C(OC(C)=O)C(OC(C)=O)[C@@H]1O. The zero-order valence-electron chi connectivity index (χ0n) is 16.5. The van der Waals surface area contributed by atoms with Crippen molar-refractivity contribution in [3.8, 4) is 0 Å². The number of esters is 3. The summed E-state index contributed by atoms with van der Waals surface area (Å²) in [6.07, 6.45) is -8.23. The van der Waals surface area contributed by atoms with E-state index in [2.05, 4.69) is 0 Å². The maximum Gasteiger partial charge on any atom is 0.303 e. The van der Waals surface area contributed by atoms with Gasteiger partial charge in [0.05, 0.1) is 6.61 Å². The molecule has 30 heavy (non-hydrogen) atoms. The van der Waals surface area contributed by atoms with Gasteiger partial charge in [0.2, 0.25) is 12.0 Å². The number of ether oxygens (including phenoxy) is 8. The molecule has 0 saturated carbocycles. The van der Waals surface area contributed by atoms with Gasteiger partial charge in [-0.25, -0.2) is 0 Å². The second-order valence-corrected chi connectivity index (χ2v) is 7.21. The van der Waals surface area contributed by atoms with Gasteiger partial charge in [-0.3, -0.25) is 14.4 Å². The van der Waals surface area contributed by atoms with Gasteiger partial charge >= 0.3 is 17.9 Å². The number of aliphatic hydroxyl groups is 1. The number of hydrogen-bond acceptors (Lipinski definition) is 12. The van der Waals surface area contributed by atoms with Crippen LogP contribution >= 0.6 is 0 Å². The molecule has 0 aromatic heterocycles. The normalized spacial score (nSPS) is 38.9. The lowest BCUT2D eigenvalue weighted by Gasteiger charge is -2.43. The van der Waals surface area contributed by atoms with Gasteiger partial charge in [0.25, 0.3) is 0 Å². The smallest absolute Gasteiger partial charge is 0.303 e. The van der Waals surface area contributed by atoms with Crippen LogP contribution in [0.25, 0.3) is 0 Å². The van der Waals surface area contributed by atoms with Crippen molar-refractivity contribution in [3.63, 3.8) is 0 Å². The third-order valence-electron chi connectivity index (χ3n) is 4.90. The van der Waals surface area contributed by atoms with Crippen molar-refractivity contribution in [1.29, 1.82) is 0 Å². The molecule has 4 unspecified atom stereocenters. The third kappa shape index (κ3) is 4.14. The zero-order chi connectivity index (χ0) is 21.6. The van der Waals surface area contributed by atoms with Crippen molar-refractivity contribution in [1.82, 2.24) is 0 Å². The van der Waals surface area contributed by atoms with Crippen molar-refractivity contribution in [2.45, 2.75) is 70.0 Å². The summed E-state index contributed by atoms with van der Waals surface area (Å²) in [5, 5.41) is 10.6. The van der Waals surface area contributed by atoms with Gasteiger partial charge in [0.1, 0.15) is 24.9 Å². The summed E-state index contributed by atoms with van der Waals surface area (Å²) >= 11 is 0. The summed E-state index contributed by atoms with van der Waals surface area (Å²) in [6, 6.07) is 0. The maximum atomic E-state index is 11.7. The molecular formula is C18H22O12. The first-order valence-electron chi connectivity index (χ1n) is 9.40. The maximum absolute atomic E-state index is 11.7. The van der Waals surface area contributed by atoms with Crippen LogP contribution in [0.4, 0.5) is 0 Å². The van der Waals surface area contributed by atoms with Gasteiger partial charge < -0.3 is 43.0 Å². The topological polar surface area (TPSA) is 149 Å². The van der Waals surface area contributed by atoms with E-state index < -0.39 is 67.1 Å². The molecule has 1 N–H and O–H groups in total. The Hall–Kier alpha value is -2.25. The van der Waals surface area contributed by atoms with Crippen LogP contribution in [-0.2, 0) is 52.3 Å². The Kier molecular flexibility index (Phi) is 5.68. The van der Waals surface area contributed by atoms with Crippen LogP contribution in [-0.4, -0.2) is 85.4 Å². The van der Waals surface area contributed by atoms with Crippen molar-refractivity contribution in [2.75, 3.05) is 13.2 Å². The van der Waals surface area contributed by atoms with Crippen LogP contribution in [0.15, 0.2) is 11.5 Å². The summed E-state index contributed by atoms with van der Waals surface area (Å²) in [5.41, 5.74) is 0. The van der Waals surface area contributed by atoms with Crippen molar-refractivity contribution in [3.05, 3.63) is 11.5 Å². The Morgan fingerprint density at radius 1 is 1.00 bits per heavy atom. The van der Waals surface area contributed by atoms with Gasteiger partial charge in [-0.05, 0) is 0 Å². The van der Waals surface area contributed by atoms with Crippen molar-refractivity contribution in [2.24, 2.45) is 0 Å². The lowest BCUT2D eigenvalue weighted by atomic mass is 9.98. The Balaban J connectivity index is 1.57. The van der Waals surface area contributed by atoms with E-state index in [1.807, 2.05) is 0 Å². The summed E-state index contributed by atoms with van der Waals surface area (Å²) < 4.78 is 43.6. The molecule has 12 nitrogen and oxygen atoms in total. The Bertz CT molecular complexity index is 762. The standard InChI is InChI=1S/C18H22O12/c1-6(19)23-4-9-11(22)13(25-7(2)20)15(26-8(3)21)18(27-9)30-12-10-5-24-17(28-10)16-14(12)29-16/h9-13,15,17-18,22H,4-5H2,1-3H3/t9?,10?,11-,12-,13?,15?,17-,18+/m1/s1. The number of aliphatic hydroxyl groups excluding tert-OH is 1. The number of carbonyl (C=O) groups excluding carboxylic acids is 3. The molecule has 12 heteroatoms. The van der Waals surface area contributed by atoms with Gasteiger partial charge in [0.15, 0.2) is 30.4 Å². The van der Waals surface area contributed by atoms with Crippen LogP contribution in [0, 0.1) is 0 Å². The van der Waals surface area contributed by atoms with E-state index in [1.54, 1.807) is 0 Å². The monoisotopic (exact) mass is 430 g/mol. The average molecular weight is 430 g/mol. The minimum atomic E-state index is -1.45. The van der Waals surface area contributed by atoms with E-state index in [0.717, 1.165) is 13.8 Å². The molecule has 0 aliphatic carbocycles. The Morgan fingerprint density at radius 3 is 2.37 bits per heavy atom. The second kappa shape index (κ2) is 8.12. The van der Waals surface area contributed by atoms with E-state index in [1.165, 1.54) is 6.92 Å². The third-order valence-corrected chi connectivity index (χ3v) is 4.90. The molecule has 0 aromatic rings. The predicted molar refractivity (Wildman–Crippen MR) is 90.0 cm³/mol. The first kappa shape index (κ1) is 21.0. The van der Waals surface area contributed by atoms with Crippen LogP contribution in [0.1, 0.15) is 20.8 Å². The average Bonchev–Trinajstić information content (AvgIpc) is 3.34. The molecule has 4 aliphatic heterocycles. The van der Waals surface area contributed by atoms with Gasteiger partial charge in [0, 0.05) is 20.8 Å². The molecule has 2 saturated heterocycles. The highest BCUT2D eigenvalue weighted by atomic mass is 16.8. The minimum absolute atomic E-state index is 0.253. The lowest BCUT2D eigenvalue weighted by molar-refractivity contribution is -0.318. The fraction of sp³-hybridized carbons (Fsp3) is 0.722. The van der Waals surface area contributed by atoms with Crippen LogP contribution in [0.3, 0.4) is 0 Å². The largest absolute Gasteiger partial charge is 0.463 e. The van der Waals surface area contributed by atoms with Gasteiger partial charge in [-0.2, -0.15) is 0 Å². The molecular weight excluding hydrogens is 408 g/mol. The summed E-state index contributed by atoms with van der Waals surface area (Å²) in [4.78, 5) is 34.5. The van der Waals surface area contributed by atoms with Crippen LogP contribution in [0.5, 0.6) is 0 Å². The van der Waals surface area contributed by atoms with E-state index in [0.29, 0.717) is 11.5 Å². The van der Waals surface area contributed by atoms with Crippen LogP contribution < -0.4 is 0 Å². The van der Waals surface area contributed by atoms with Crippen LogP contribution in [0.2, 0.25) is 0 Å². The minimum Gasteiger partial charge on any atom is -0.463 e. The first-order chi connectivity index (χ1) is 14.2. The van der Waals surface area contributed by atoms with Gasteiger partial charge in [-0.15, -0.1) is 0 Å². The highest BCUT2D eigenvalue weighted by Gasteiger charge is 2.58. The molecule has 0 aromatic carbocycles. The second-order valence-electron chi connectivity index (χ2n) is 7.21. The fourth-order valence-electron chi connectivity index (χ4n) is 3.61. The molecule has 2 bridgehead atoms. The molecule has 0 amide bonds. The Morgan fingerprint density at radius 2 is 1.70 bits per heavy atom. The Labute approximate surface area is 170 Å². The van der Waals surface area contributed by atoms with E-state index in [4.69, 9.17) is 37.9 Å². The molecule has 4 aliphatic rings. The first-order valence-corrected chi connectivity index (χ1v) is 9.40. The zero-order valence-corrected chi connectivity index (χ0v) is 16.5. The number of rotatable bonds is 6. The number of fused-ring (bicyclic) bond motifs is 3. The van der Waals surface area contributed by atoms with E-state index in [9.17, 15) is 19.5 Å². The highest BCUT2D eigenvalue weighted by Crippen LogP contribution is 2.46. The molecule has 8 atom stereocenters. The number of hydrogen-bond donors (Lipinski definition) is 1. The molecule has 4 heterocycles. The fourth-order valence-corrected chi connectivity index (χ4v) is 3.61. The summed E-state index contributed by atoms with van der Waals surface area (Å²) in [6.45, 7) is 3.42. The lowest BCUT2D eigenvalue weighted by Crippen LogP contribution is -2.62. The molecule has 2 fully saturated rings.